The molecule has 0 aromatic heterocycles. The van der Waals surface area contributed by atoms with Crippen LogP contribution in [0.25, 0.3) is 0 Å². The quantitative estimate of drug-likeness (QED) is 0.903. The molecule has 1 N–H and O–H groups in total. The van der Waals surface area contributed by atoms with Crippen molar-refractivity contribution in [2.75, 3.05) is 27.2 Å². The highest BCUT2D eigenvalue weighted by molar-refractivity contribution is 5.22. The fraction of sp³-hybridized carbons (Fsp3) is 0.600. The number of halogens is 2. The molecule has 2 rings (SSSR count). The topological polar surface area (TPSA) is 15.3 Å². The van der Waals surface area contributed by atoms with Crippen LogP contribution >= 0.6 is 0 Å². The summed E-state index contributed by atoms with van der Waals surface area (Å²) in [5.74, 6) is -0.341. The predicted octanol–water partition coefficient (Wildman–Crippen LogP) is 2.96. The molecular weight excluding hydrogens is 246 g/mol. The van der Waals surface area contributed by atoms with Crippen LogP contribution in [0.4, 0.5) is 8.78 Å². The monoisotopic (exact) mass is 268 g/mol. The van der Waals surface area contributed by atoms with Gasteiger partial charge in [0.1, 0.15) is 11.6 Å². The van der Waals surface area contributed by atoms with Crippen LogP contribution in [0.3, 0.4) is 0 Å². The highest BCUT2D eigenvalue weighted by atomic mass is 19.1. The van der Waals surface area contributed by atoms with Crippen LogP contribution in [0.2, 0.25) is 0 Å². The lowest BCUT2D eigenvalue weighted by Crippen LogP contribution is -2.31. The zero-order valence-electron chi connectivity index (χ0n) is 11.6. The van der Waals surface area contributed by atoms with Crippen LogP contribution in [0.15, 0.2) is 18.2 Å². The van der Waals surface area contributed by atoms with Gasteiger partial charge in [-0.3, -0.25) is 0 Å². The Hall–Kier alpha value is -1.00. The number of nitrogens with one attached hydrogen (secondary N) is 1. The zero-order valence-corrected chi connectivity index (χ0v) is 11.6. The highest BCUT2D eigenvalue weighted by Crippen LogP contribution is 2.31. The second-order valence-electron chi connectivity index (χ2n) is 5.57. The van der Waals surface area contributed by atoms with Gasteiger partial charge in [-0.05, 0) is 58.4 Å². The molecule has 19 heavy (non-hydrogen) atoms. The van der Waals surface area contributed by atoms with E-state index in [9.17, 15) is 8.78 Å². The molecule has 1 aliphatic rings. The largest absolute Gasteiger partial charge is 0.317 e. The lowest BCUT2D eigenvalue weighted by atomic mass is 9.87. The van der Waals surface area contributed by atoms with Crippen LogP contribution in [-0.2, 0) is 0 Å². The maximum absolute atomic E-state index is 13.9. The summed E-state index contributed by atoms with van der Waals surface area (Å²) in [7, 11) is 3.91. The Bertz CT molecular complexity index is 415. The minimum absolute atomic E-state index is 0.0173. The van der Waals surface area contributed by atoms with Gasteiger partial charge in [0.15, 0.2) is 0 Å². The Balaban J connectivity index is 2.14. The normalized spacial score (nSPS) is 18.8. The van der Waals surface area contributed by atoms with E-state index in [0.717, 1.165) is 38.4 Å². The molecule has 2 nitrogen and oxygen atoms in total. The fourth-order valence-electron chi connectivity index (χ4n) is 2.82. The smallest absolute Gasteiger partial charge is 0.130 e. The van der Waals surface area contributed by atoms with E-state index in [1.807, 2.05) is 19.0 Å². The zero-order chi connectivity index (χ0) is 13.8. The van der Waals surface area contributed by atoms with Crippen molar-refractivity contribution in [3.8, 4) is 0 Å². The third kappa shape index (κ3) is 3.74. The van der Waals surface area contributed by atoms with Gasteiger partial charge in [-0.2, -0.15) is 0 Å². The molecule has 1 saturated heterocycles. The lowest BCUT2D eigenvalue weighted by Gasteiger charge is -2.31. The van der Waals surface area contributed by atoms with Crippen molar-refractivity contribution in [1.82, 2.24) is 10.2 Å². The van der Waals surface area contributed by atoms with E-state index in [1.165, 1.54) is 6.07 Å². The molecule has 0 aliphatic carbocycles. The van der Waals surface area contributed by atoms with Crippen LogP contribution in [0.1, 0.15) is 30.9 Å². The first-order valence-electron chi connectivity index (χ1n) is 6.90. The lowest BCUT2D eigenvalue weighted by molar-refractivity contribution is 0.219. The Labute approximate surface area is 113 Å². The highest BCUT2D eigenvalue weighted by Gasteiger charge is 2.23. The number of benzene rings is 1. The van der Waals surface area contributed by atoms with Crippen molar-refractivity contribution in [2.45, 2.75) is 25.3 Å². The van der Waals surface area contributed by atoms with Crippen molar-refractivity contribution in [3.05, 3.63) is 35.4 Å². The van der Waals surface area contributed by atoms with Gasteiger partial charge in [-0.25, -0.2) is 8.78 Å². The van der Waals surface area contributed by atoms with Crippen molar-refractivity contribution in [1.29, 1.82) is 0 Å². The summed E-state index contributed by atoms with van der Waals surface area (Å²) in [5.41, 5.74) is 0.602. The van der Waals surface area contributed by atoms with Crippen molar-refractivity contribution in [2.24, 2.45) is 5.92 Å². The number of rotatable bonds is 4. The van der Waals surface area contributed by atoms with Crippen LogP contribution in [0.5, 0.6) is 0 Å². The summed E-state index contributed by atoms with van der Waals surface area (Å²) >= 11 is 0. The minimum Gasteiger partial charge on any atom is -0.317 e. The first-order valence-corrected chi connectivity index (χ1v) is 6.90. The summed E-state index contributed by atoms with van der Waals surface area (Å²) in [4.78, 5) is 2.03. The molecule has 1 heterocycles. The molecule has 106 valence electrons. The summed E-state index contributed by atoms with van der Waals surface area (Å²) < 4.78 is 26.9. The molecule has 0 bridgehead atoms. The molecule has 1 unspecified atom stereocenters. The van der Waals surface area contributed by atoms with E-state index in [4.69, 9.17) is 0 Å². The first-order chi connectivity index (χ1) is 9.08. The van der Waals surface area contributed by atoms with Crippen LogP contribution in [0, 0.1) is 17.6 Å². The average molecular weight is 268 g/mol. The summed E-state index contributed by atoms with van der Waals surface area (Å²) in [6, 6.07) is 3.92. The molecule has 1 atom stereocenters. The molecule has 0 saturated carbocycles. The Morgan fingerprint density at radius 1 is 1.26 bits per heavy atom. The Morgan fingerprint density at radius 3 is 2.53 bits per heavy atom. The SMILES string of the molecule is CN(C)C(CC1CCNCC1)c1ccc(F)cc1F. The van der Waals surface area contributed by atoms with Crippen LogP contribution in [-0.4, -0.2) is 32.1 Å². The first kappa shape index (κ1) is 14.4. The number of hydrogen-bond donors (Lipinski definition) is 1. The predicted molar refractivity (Wildman–Crippen MR) is 73.0 cm³/mol. The van der Waals surface area contributed by atoms with Crippen molar-refractivity contribution in [3.63, 3.8) is 0 Å². The number of nitrogens with zero attached hydrogens (tertiary/aromatic N) is 1. The van der Waals surface area contributed by atoms with E-state index in [-0.39, 0.29) is 6.04 Å². The van der Waals surface area contributed by atoms with Crippen molar-refractivity contribution >= 4 is 0 Å². The van der Waals surface area contributed by atoms with Gasteiger partial charge in [0, 0.05) is 17.7 Å². The molecule has 4 heteroatoms. The molecular formula is C15H22F2N2. The summed E-state index contributed by atoms with van der Waals surface area (Å²) in [6.45, 7) is 2.08. The van der Waals surface area contributed by atoms with Gasteiger partial charge < -0.3 is 10.2 Å². The van der Waals surface area contributed by atoms with Crippen molar-refractivity contribution < 1.29 is 8.78 Å². The Kier molecular flexibility index (Phi) is 4.88. The maximum atomic E-state index is 13.9. The number of piperidine rings is 1. The molecule has 1 aliphatic heterocycles. The second-order valence-corrected chi connectivity index (χ2v) is 5.57. The van der Waals surface area contributed by atoms with Gasteiger partial charge in [0.2, 0.25) is 0 Å². The summed E-state index contributed by atoms with van der Waals surface area (Å²) in [6.07, 6.45) is 3.19. The Morgan fingerprint density at radius 2 is 1.95 bits per heavy atom. The molecule has 1 fully saturated rings. The van der Waals surface area contributed by atoms with E-state index in [2.05, 4.69) is 5.32 Å². The van der Waals surface area contributed by atoms with Gasteiger partial charge in [0.25, 0.3) is 0 Å². The fourth-order valence-corrected chi connectivity index (χ4v) is 2.82. The van der Waals surface area contributed by atoms with E-state index >= 15 is 0 Å². The van der Waals surface area contributed by atoms with Gasteiger partial charge in [-0.15, -0.1) is 0 Å². The average Bonchev–Trinajstić information content (AvgIpc) is 2.38. The molecule has 1 aromatic rings. The molecule has 1 aromatic carbocycles. The van der Waals surface area contributed by atoms with E-state index in [0.29, 0.717) is 11.5 Å². The van der Waals surface area contributed by atoms with E-state index < -0.39 is 11.6 Å². The van der Waals surface area contributed by atoms with Gasteiger partial charge >= 0.3 is 0 Å². The van der Waals surface area contributed by atoms with E-state index in [1.54, 1.807) is 6.07 Å². The molecule has 0 spiro atoms. The molecule has 0 amide bonds. The standard InChI is InChI=1S/C15H22F2N2/c1-19(2)15(9-11-5-7-18-8-6-11)13-4-3-12(16)10-14(13)17/h3-4,10-11,15,18H,5-9H2,1-2H3. The summed E-state index contributed by atoms with van der Waals surface area (Å²) in [5, 5.41) is 3.34. The minimum atomic E-state index is -0.513. The maximum Gasteiger partial charge on any atom is 0.130 e. The third-order valence-electron chi connectivity index (χ3n) is 3.96. The van der Waals surface area contributed by atoms with Gasteiger partial charge in [-0.1, -0.05) is 6.07 Å². The second kappa shape index (κ2) is 6.44. The van der Waals surface area contributed by atoms with Gasteiger partial charge in [0.05, 0.1) is 0 Å². The number of hydrogen-bond acceptors (Lipinski definition) is 2. The third-order valence-corrected chi connectivity index (χ3v) is 3.96. The van der Waals surface area contributed by atoms with Crippen LogP contribution < -0.4 is 5.32 Å². The molecule has 0 radical (unpaired) electrons.